The van der Waals surface area contributed by atoms with E-state index in [2.05, 4.69) is 21.3 Å². The van der Waals surface area contributed by atoms with Gasteiger partial charge in [0.15, 0.2) is 0 Å². The van der Waals surface area contributed by atoms with Crippen LogP contribution in [0.25, 0.3) is 0 Å². The lowest BCUT2D eigenvalue weighted by Crippen LogP contribution is -2.27. The highest BCUT2D eigenvalue weighted by atomic mass is 31.2. The second-order valence-electron chi connectivity index (χ2n) is 3.13. The van der Waals surface area contributed by atoms with E-state index in [1.165, 1.54) is 6.42 Å². The Hall–Kier alpha value is -0.460. The average Bonchev–Trinajstić information content (AvgIpc) is 2.29. The highest BCUT2D eigenvalue weighted by molar-refractivity contribution is 7.47. The molecule has 4 N–H and O–H groups in total. The maximum atomic E-state index is 11.1. The molecule has 0 aliphatic carbocycles. The first kappa shape index (κ1) is 16.5. The molecule has 0 aliphatic heterocycles. The third-order valence-electron chi connectivity index (χ3n) is 1.64. The van der Waals surface area contributed by atoms with Crippen LogP contribution in [0.4, 0.5) is 0 Å². The monoisotopic (exact) mass is 266 g/mol. The van der Waals surface area contributed by atoms with Crippen LogP contribution in [0.1, 0.15) is 12.8 Å². The van der Waals surface area contributed by atoms with Crippen molar-refractivity contribution in [3.05, 3.63) is 13.3 Å². The van der Waals surface area contributed by atoms with Crippen molar-refractivity contribution >= 4 is 13.7 Å². The molecule has 1 unspecified atom stereocenters. The molecule has 1 atom stereocenters. The molecule has 1 amide bonds. The SMILES string of the molecule is [CH2][CH]COP(=O)(O)OCCNC(=O)CCCN. The van der Waals surface area contributed by atoms with Crippen molar-refractivity contribution in [1.29, 1.82) is 0 Å². The van der Waals surface area contributed by atoms with Gasteiger partial charge in [0.25, 0.3) is 0 Å². The smallest absolute Gasteiger partial charge is 0.354 e. The minimum atomic E-state index is -4.03. The van der Waals surface area contributed by atoms with Crippen LogP contribution in [0.3, 0.4) is 0 Å². The van der Waals surface area contributed by atoms with Gasteiger partial charge in [-0.3, -0.25) is 13.8 Å². The van der Waals surface area contributed by atoms with E-state index >= 15 is 0 Å². The molecule has 0 aromatic rings. The molecule has 0 spiro atoms. The Morgan fingerprint density at radius 1 is 1.53 bits per heavy atom. The maximum absolute atomic E-state index is 11.1. The number of phosphoric acid groups is 1. The van der Waals surface area contributed by atoms with Crippen LogP contribution < -0.4 is 11.1 Å². The lowest BCUT2D eigenvalue weighted by Gasteiger charge is -2.11. The quantitative estimate of drug-likeness (QED) is 0.379. The van der Waals surface area contributed by atoms with Gasteiger partial charge in [-0.15, -0.1) is 0 Å². The van der Waals surface area contributed by atoms with Crippen LogP contribution in [-0.4, -0.2) is 37.1 Å². The van der Waals surface area contributed by atoms with Crippen LogP contribution in [-0.2, 0) is 18.4 Å². The molecule has 8 heteroatoms. The Kier molecular flexibility index (Phi) is 9.30. The van der Waals surface area contributed by atoms with E-state index in [1.807, 2.05) is 0 Å². The van der Waals surface area contributed by atoms with Crippen LogP contribution in [0.5, 0.6) is 0 Å². The Labute approximate surface area is 101 Å². The van der Waals surface area contributed by atoms with Gasteiger partial charge in [0.2, 0.25) is 5.91 Å². The minimum absolute atomic E-state index is 0.0728. The molecule has 0 rings (SSSR count). The highest BCUT2D eigenvalue weighted by Crippen LogP contribution is 2.42. The van der Waals surface area contributed by atoms with Gasteiger partial charge in [0.1, 0.15) is 0 Å². The van der Waals surface area contributed by atoms with Crippen molar-refractivity contribution in [3.8, 4) is 0 Å². The summed E-state index contributed by atoms with van der Waals surface area (Å²) >= 11 is 0. The van der Waals surface area contributed by atoms with E-state index < -0.39 is 7.82 Å². The molecule has 0 bridgehead atoms. The van der Waals surface area contributed by atoms with Gasteiger partial charge in [-0.1, -0.05) is 0 Å². The zero-order valence-electron chi connectivity index (χ0n) is 9.63. The number of hydrogen-bond donors (Lipinski definition) is 3. The number of carbonyl (C=O) groups excluding carboxylic acids is 1. The molecule has 7 nitrogen and oxygen atoms in total. The van der Waals surface area contributed by atoms with Gasteiger partial charge >= 0.3 is 7.82 Å². The van der Waals surface area contributed by atoms with E-state index in [-0.39, 0.29) is 25.7 Å². The van der Waals surface area contributed by atoms with Crippen LogP contribution in [0.15, 0.2) is 0 Å². The Morgan fingerprint density at radius 3 is 2.82 bits per heavy atom. The van der Waals surface area contributed by atoms with Gasteiger partial charge in [0, 0.05) is 13.0 Å². The number of nitrogens with two attached hydrogens (primary N) is 1. The van der Waals surface area contributed by atoms with Crippen LogP contribution in [0.2, 0.25) is 0 Å². The lowest BCUT2D eigenvalue weighted by atomic mass is 10.3. The largest absolute Gasteiger partial charge is 0.472 e. The first-order valence-corrected chi connectivity index (χ1v) is 6.71. The molecular formula is C9H19N2O5P. The molecule has 0 heterocycles. The third kappa shape index (κ3) is 10.4. The van der Waals surface area contributed by atoms with E-state index in [4.69, 9.17) is 10.6 Å². The standard InChI is InChI=1S/C9H19N2O5P/c1-2-7-15-17(13,14)16-8-6-11-9(12)4-3-5-10/h2H,1,3-8,10H2,(H,11,12)(H,13,14). The summed E-state index contributed by atoms with van der Waals surface area (Å²) in [4.78, 5) is 20.2. The topological polar surface area (TPSA) is 111 Å². The molecule has 0 fully saturated rings. The lowest BCUT2D eigenvalue weighted by molar-refractivity contribution is -0.121. The fraction of sp³-hybridized carbons (Fsp3) is 0.667. The molecule has 100 valence electrons. The summed E-state index contributed by atoms with van der Waals surface area (Å²) in [6.07, 6.45) is 2.27. The van der Waals surface area contributed by atoms with Gasteiger partial charge in [-0.25, -0.2) is 4.57 Å². The molecule has 2 radical (unpaired) electrons. The van der Waals surface area contributed by atoms with Crippen molar-refractivity contribution in [2.45, 2.75) is 12.8 Å². The molecule has 0 saturated carbocycles. The number of hydrogen-bond acceptors (Lipinski definition) is 5. The van der Waals surface area contributed by atoms with Gasteiger partial charge in [-0.2, -0.15) is 0 Å². The van der Waals surface area contributed by atoms with Crippen molar-refractivity contribution in [1.82, 2.24) is 5.32 Å². The molecule has 17 heavy (non-hydrogen) atoms. The summed E-state index contributed by atoms with van der Waals surface area (Å²) in [6.45, 7) is 3.76. The minimum Gasteiger partial charge on any atom is -0.354 e. The normalized spacial score (nSPS) is 14.3. The summed E-state index contributed by atoms with van der Waals surface area (Å²) < 4.78 is 20.2. The molecule has 0 aliphatic rings. The van der Waals surface area contributed by atoms with Gasteiger partial charge in [0.05, 0.1) is 13.2 Å². The summed E-state index contributed by atoms with van der Waals surface area (Å²) in [6, 6.07) is 0. The van der Waals surface area contributed by atoms with Crippen LogP contribution in [0, 0.1) is 13.3 Å². The Bertz CT molecular complexity index is 262. The highest BCUT2D eigenvalue weighted by Gasteiger charge is 2.19. The zero-order chi connectivity index (χ0) is 13.1. The second-order valence-corrected chi connectivity index (χ2v) is 4.58. The fourth-order valence-electron chi connectivity index (χ4n) is 0.887. The van der Waals surface area contributed by atoms with E-state index in [9.17, 15) is 9.36 Å². The molecule has 0 aromatic heterocycles. The number of rotatable bonds is 10. The summed E-state index contributed by atoms with van der Waals surface area (Å²) in [5, 5.41) is 2.52. The Morgan fingerprint density at radius 2 is 2.24 bits per heavy atom. The number of carbonyl (C=O) groups is 1. The summed E-state index contributed by atoms with van der Waals surface area (Å²) in [5.41, 5.74) is 5.24. The predicted octanol–water partition coefficient (Wildman–Crippen LogP) is 0.0135. The number of phosphoric ester groups is 1. The van der Waals surface area contributed by atoms with Crippen molar-refractivity contribution in [3.63, 3.8) is 0 Å². The van der Waals surface area contributed by atoms with E-state index in [1.54, 1.807) is 0 Å². The maximum Gasteiger partial charge on any atom is 0.472 e. The van der Waals surface area contributed by atoms with E-state index in [0.717, 1.165) is 0 Å². The van der Waals surface area contributed by atoms with Gasteiger partial charge < -0.3 is 15.9 Å². The summed E-state index contributed by atoms with van der Waals surface area (Å²) in [7, 11) is -4.03. The fourth-order valence-corrected chi connectivity index (χ4v) is 1.58. The van der Waals surface area contributed by atoms with E-state index in [0.29, 0.717) is 19.4 Å². The first-order valence-electron chi connectivity index (χ1n) is 5.21. The third-order valence-corrected chi connectivity index (χ3v) is 2.63. The first-order chi connectivity index (χ1) is 8.02. The Balaban J connectivity index is 3.56. The second kappa shape index (κ2) is 9.56. The van der Waals surface area contributed by atoms with Crippen molar-refractivity contribution in [2.75, 3.05) is 26.3 Å². The number of nitrogens with one attached hydrogen (secondary N) is 1. The predicted molar refractivity (Wildman–Crippen MR) is 62.7 cm³/mol. The van der Waals surface area contributed by atoms with Crippen molar-refractivity contribution < 1.29 is 23.3 Å². The molecule has 0 saturated heterocycles. The molecular weight excluding hydrogens is 247 g/mol. The van der Waals surface area contributed by atoms with Crippen molar-refractivity contribution in [2.24, 2.45) is 5.73 Å². The average molecular weight is 266 g/mol. The molecule has 0 aromatic carbocycles. The van der Waals surface area contributed by atoms with Crippen LogP contribution >= 0.6 is 7.82 Å². The zero-order valence-corrected chi connectivity index (χ0v) is 10.5. The van der Waals surface area contributed by atoms with Gasteiger partial charge in [-0.05, 0) is 26.3 Å². The summed E-state index contributed by atoms with van der Waals surface area (Å²) in [5.74, 6) is -0.168. The number of amides is 1.